The first-order valence-corrected chi connectivity index (χ1v) is 9.08. The van der Waals surface area contributed by atoms with E-state index in [9.17, 15) is 0 Å². The molecule has 8 atom stereocenters. The molecule has 10 aliphatic rings. The third-order valence-electron chi connectivity index (χ3n) is 10.2. The van der Waals surface area contributed by atoms with Crippen LogP contribution in [0, 0.1) is 58.7 Å². The molecule has 0 aromatic heterocycles. The van der Waals surface area contributed by atoms with Gasteiger partial charge in [0.25, 0.3) is 0 Å². The molecule has 102 valence electrons. The molecule has 10 fully saturated rings. The first-order chi connectivity index (χ1) is 9.22. The normalized spacial score (nSPS) is 80.4. The predicted molar refractivity (Wildman–Crippen MR) is 71.8 cm³/mol. The van der Waals surface area contributed by atoms with Gasteiger partial charge in [0.05, 0.1) is 0 Å². The maximum atomic E-state index is 5.10. The Morgan fingerprint density at radius 2 is 1.26 bits per heavy atom. The minimum absolute atomic E-state index is 0.575. The average Bonchev–Trinajstić information content (AvgIpc) is 2.40. The quantitative estimate of drug-likeness (QED) is 0.689. The molecule has 8 unspecified atom stereocenters. The van der Waals surface area contributed by atoms with E-state index in [-0.39, 0.29) is 0 Å². The van der Waals surface area contributed by atoms with Crippen LogP contribution < -0.4 is 5.73 Å². The third-order valence-corrected chi connectivity index (χ3v) is 10.2. The number of hydrogen-bond acceptors (Lipinski definition) is 0. The highest BCUT2D eigenvalue weighted by molar-refractivity contribution is 5.32. The first kappa shape index (κ1) is 9.82. The largest absolute Gasteiger partial charge is 0.352 e. The Hall–Kier alpha value is -0.0400. The van der Waals surface area contributed by atoms with E-state index in [4.69, 9.17) is 5.73 Å². The van der Waals surface area contributed by atoms with Gasteiger partial charge in [0.1, 0.15) is 5.54 Å². The van der Waals surface area contributed by atoms with Crippen molar-refractivity contribution < 1.29 is 5.73 Å². The van der Waals surface area contributed by atoms with Crippen molar-refractivity contribution in [2.24, 2.45) is 58.7 Å². The zero-order valence-electron chi connectivity index (χ0n) is 11.9. The van der Waals surface area contributed by atoms with Crippen molar-refractivity contribution in [3.05, 3.63) is 0 Å². The zero-order valence-corrected chi connectivity index (χ0v) is 11.9. The van der Waals surface area contributed by atoms with Gasteiger partial charge in [0, 0.05) is 17.3 Å². The second kappa shape index (κ2) is 2.45. The molecule has 10 rings (SSSR count). The second-order valence-electron chi connectivity index (χ2n) is 9.91. The van der Waals surface area contributed by atoms with Gasteiger partial charge in [-0.25, -0.2) is 0 Å². The fourth-order valence-electron chi connectivity index (χ4n) is 10.5. The summed E-state index contributed by atoms with van der Waals surface area (Å²) in [5.41, 5.74) is 6.45. The summed E-state index contributed by atoms with van der Waals surface area (Å²) in [4.78, 5) is 0. The summed E-state index contributed by atoms with van der Waals surface area (Å²) < 4.78 is 0. The van der Waals surface area contributed by atoms with Gasteiger partial charge in [-0.15, -0.1) is 0 Å². The number of hydrogen-bond donors (Lipinski definition) is 1. The van der Waals surface area contributed by atoms with Crippen LogP contribution in [0.4, 0.5) is 0 Å². The topological polar surface area (TPSA) is 27.6 Å². The van der Waals surface area contributed by atoms with Crippen LogP contribution in [0.5, 0.6) is 0 Å². The highest BCUT2D eigenvalue weighted by Gasteiger charge is 2.85. The molecule has 3 N–H and O–H groups in total. The first-order valence-electron chi connectivity index (χ1n) is 9.08. The molecule has 11 bridgehead atoms. The molecule has 0 aliphatic heterocycles. The molecular formula is C18H26N+. The van der Waals surface area contributed by atoms with Gasteiger partial charge in [-0.05, 0) is 86.4 Å². The molecule has 0 aromatic carbocycles. The van der Waals surface area contributed by atoms with E-state index >= 15 is 0 Å². The lowest BCUT2D eigenvalue weighted by Crippen LogP contribution is -2.98. The number of quaternary nitrogens is 1. The SMILES string of the molecule is [NH3+]C12C3CC4CC5C3CC3C6CC(CC31)CC2(C4)C56. The van der Waals surface area contributed by atoms with E-state index in [1.165, 1.54) is 11.8 Å². The van der Waals surface area contributed by atoms with Crippen molar-refractivity contribution in [3.63, 3.8) is 0 Å². The average molecular weight is 256 g/mol. The Morgan fingerprint density at radius 1 is 0.684 bits per heavy atom. The maximum absolute atomic E-state index is 5.10. The van der Waals surface area contributed by atoms with Crippen LogP contribution in [0.15, 0.2) is 0 Å². The fourth-order valence-corrected chi connectivity index (χ4v) is 10.5. The van der Waals surface area contributed by atoms with Gasteiger partial charge in [0.2, 0.25) is 0 Å². The Bertz CT molecular complexity index is 474. The minimum Gasteiger partial charge on any atom is -0.352 e. The predicted octanol–water partition coefficient (Wildman–Crippen LogP) is 2.33. The Kier molecular flexibility index (Phi) is 1.26. The molecule has 19 heavy (non-hydrogen) atoms. The summed E-state index contributed by atoms with van der Waals surface area (Å²) in [6.45, 7) is 0. The summed E-state index contributed by atoms with van der Waals surface area (Å²) in [5.74, 6) is 10.2. The number of rotatable bonds is 0. The molecule has 1 heteroatoms. The Balaban J connectivity index is 1.59. The lowest BCUT2D eigenvalue weighted by Gasteiger charge is -2.84. The second-order valence-corrected chi connectivity index (χ2v) is 9.91. The van der Waals surface area contributed by atoms with Crippen LogP contribution in [0.1, 0.15) is 44.9 Å². The van der Waals surface area contributed by atoms with Crippen molar-refractivity contribution >= 4 is 0 Å². The lowest BCUT2D eigenvalue weighted by molar-refractivity contribution is -0.607. The van der Waals surface area contributed by atoms with Crippen molar-refractivity contribution in [3.8, 4) is 0 Å². The molecule has 0 amide bonds. The molecule has 10 saturated carbocycles. The molecule has 1 nitrogen and oxygen atoms in total. The molecule has 10 aliphatic carbocycles. The summed E-state index contributed by atoms with van der Waals surface area (Å²) in [7, 11) is 0. The molecule has 0 aromatic rings. The van der Waals surface area contributed by atoms with Gasteiger partial charge < -0.3 is 5.73 Å². The van der Waals surface area contributed by atoms with Crippen molar-refractivity contribution in [2.75, 3.05) is 0 Å². The maximum Gasteiger partial charge on any atom is 0.107 e. The Labute approximate surface area is 115 Å². The minimum atomic E-state index is 0.575. The van der Waals surface area contributed by atoms with E-state index in [1.807, 2.05) is 0 Å². The van der Waals surface area contributed by atoms with Crippen LogP contribution >= 0.6 is 0 Å². The van der Waals surface area contributed by atoms with Crippen LogP contribution in [-0.2, 0) is 0 Å². The molecular weight excluding hydrogens is 230 g/mol. The Morgan fingerprint density at radius 3 is 1.84 bits per heavy atom. The fraction of sp³-hybridized carbons (Fsp3) is 1.00. The van der Waals surface area contributed by atoms with Gasteiger partial charge in [-0.1, -0.05) is 0 Å². The van der Waals surface area contributed by atoms with Gasteiger partial charge in [0.15, 0.2) is 0 Å². The van der Waals surface area contributed by atoms with Crippen molar-refractivity contribution in [2.45, 2.75) is 50.5 Å². The highest BCUT2D eigenvalue weighted by Crippen LogP contribution is 2.84. The summed E-state index contributed by atoms with van der Waals surface area (Å²) in [6.07, 6.45) is 11.4. The molecule has 0 radical (unpaired) electrons. The van der Waals surface area contributed by atoms with Crippen molar-refractivity contribution in [1.29, 1.82) is 0 Å². The smallest absolute Gasteiger partial charge is 0.107 e. The van der Waals surface area contributed by atoms with Crippen LogP contribution in [-0.4, -0.2) is 5.54 Å². The van der Waals surface area contributed by atoms with E-state index < -0.39 is 0 Å². The van der Waals surface area contributed by atoms with E-state index in [1.54, 1.807) is 44.9 Å². The van der Waals surface area contributed by atoms with E-state index in [0.717, 1.165) is 46.8 Å². The monoisotopic (exact) mass is 256 g/mol. The van der Waals surface area contributed by atoms with Gasteiger partial charge >= 0.3 is 0 Å². The molecule has 0 heterocycles. The zero-order chi connectivity index (χ0) is 12.1. The van der Waals surface area contributed by atoms with Gasteiger partial charge in [-0.2, -0.15) is 0 Å². The van der Waals surface area contributed by atoms with E-state index in [2.05, 4.69) is 0 Å². The summed E-state index contributed by atoms with van der Waals surface area (Å²) in [6, 6.07) is 0. The van der Waals surface area contributed by atoms with Crippen molar-refractivity contribution in [1.82, 2.24) is 0 Å². The lowest BCUT2D eigenvalue weighted by atomic mass is 9.19. The van der Waals surface area contributed by atoms with E-state index in [0.29, 0.717) is 5.54 Å². The third kappa shape index (κ3) is 0.698. The van der Waals surface area contributed by atoms with Crippen LogP contribution in [0.25, 0.3) is 0 Å². The van der Waals surface area contributed by atoms with Gasteiger partial charge in [-0.3, -0.25) is 0 Å². The van der Waals surface area contributed by atoms with Crippen LogP contribution in [0.3, 0.4) is 0 Å². The molecule has 0 saturated heterocycles. The summed E-state index contributed by atoms with van der Waals surface area (Å²) in [5, 5.41) is 0. The summed E-state index contributed by atoms with van der Waals surface area (Å²) >= 11 is 0. The molecule has 1 spiro atoms. The van der Waals surface area contributed by atoms with Crippen LogP contribution in [0.2, 0.25) is 0 Å². The standard InChI is InChI=1S/C18H25N/c19-18-14-3-8-1-12-10(14)5-11-13-2-9(4-15(11)18)7-17(18,6-8)16(12)13/h8-16H,1-7,19H2/p+1. The highest BCUT2D eigenvalue weighted by atomic mass is 15.0.